The number of esters is 1. The first kappa shape index (κ1) is 14.8. The maximum absolute atomic E-state index is 11.6. The summed E-state index contributed by atoms with van der Waals surface area (Å²) in [5.41, 5.74) is 2.86. The molecule has 1 unspecified atom stereocenters. The van der Waals surface area contributed by atoms with Crippen LogP contribution in [0.5, 0.6) is 0 Å². The number of carbonyl (C=O) groups excluding carboxylic acids is 1. The number of nitriles is 1. The number of hydrogen-bond acceptors (Lipinski definition) is 3. The molecule has 0 bridgehead atoms. The summed E-state index contributed by atoms with van der Waals surface area (Å²) in [6.45, 7) is 0. The van der Waals surface area contributed by atoms with Crippen molar-refractivity contribution in [1.29, 1.82) is 5.26 Å². The molecule has 2 rings (SSSR count). The Bertz CT molecular complexity index is 627. The molecule has 0 aliphatic rings. The molecular weight excluding hydrogens is 262 g/mol. The number of ether oxygens (including phenoxy) is 1. The molecule has 0 N–H and O–H groups in total. The van der Waals surface area contributed by atoms with Crippen molar-refractivity contribution in [3.8, 4) is 6.07 Å². The van der Waals surface area contributed by atoms with Gasteiger partial charge in [-0.05, 0) is 35.6 Å². The van der Waals surface area contributed by atoms with E-state index in [4.69, 9.17) is 10.00 Å². The zero-order valence-electron chi connectivity index (χ0n) is 12.0. The summed E-state index contributed by atoms with van der Waals surface area (Å²) in [5.74, 6) is -0.135. The Morgan fingerprint density at radius 1 is 1.14 bits per heavy atom. The van der Waals surface area contributed by atoms with Gasteiger partial charge in [0, 0.05) is 0 Å². The molecule has 0 aliphatic carbocycles. The fourth-order valence-electron chi connectivity index (χ4n) is 2.32. The minimum Gasteiger partial charge on any atom is -0.469 e. The van der Waals surface area contributed by atoms with Gasteiger partial charge in [-0.1, -0.05) is 42.5 Å². The average molecular weight is 279 g/mol. The molecule has 0 heterocycles. The highest BCUT2D eigenvalue weighted by molar-refractivity contribution is 5.70. The third-order valence-corrected chi connectivity index (χ3v) is 3.48. The molecule has 21 heavy (non-hydrogen) atoms. The number of rotatable bonds is 5. The van der Waals surface area contributed by atoms with Gasteiger partial charge in [-0.15, -0.1) is 0 Å². The summed E-state index contributed by atoms with van der Waals surface area (Å²) < 4.78 is 4.79. The molecular formula is C18H17NO2. The summed E-state index contributed by atoms with van der Waals surface area (Å²) in [6.07, 6.45) is 1.09. The predicted molar refractivity (Wildman–Crippen MR) is 80.7 cm³/mol. The summed E-state index contributed by atoms with van der Waals surface area (Å²) >= 11 is 0. The van der Waals surface area contributed by atoms with Gasteiger partial charge in [-0.2, -0.15) is 5.26 Å². The highest BCUT2D eigenvalue weighted by Crippen LogP contribution is 2.25. The Balaban J connectivity index is 2.19. The van der Waals surface area contributed by atoms with E-state index in [2.05, 4.69) is 6.07 Å². The van der Waals surface area contributed by atoms with Crippen LogP contribution in [0.25, 0.3) is 0 Å². The van der Waals surface area contributed by atoms with Crippen LogP contribution in [-0.2, 0) is 16.0 Å². The molecule has 106 valence electrons. The van der Waals surface area contributed by atoms with Gasteiger partial charge in [0.25, 0.3) is 0 Å². The maximum Gasteiger partial charge on any atom is 0.306 e. The van der Waals surface area contributed by atoms with Crippen LogP contribution < -0.4 is 0 Å². The zero-order chi connectivity index (χ0) is 15.1. The van der Waals surface area contributed by atoms with E-state index < -0.39 is 0 Å². The quantitative estimate of drug-likeness (QED) is 0.788. The molecule has 3 nitrogen and oxygen atoms in total. The molecule has 0 amide bonds. The van der Waals surface area contributed by atoms with Gasteiger partial charge in [0.2, 0.25) is 0 Å². The minimum atomic E-state index is -0.211. The molecule has 2 aromatic carbocycles. The molecule has 0 aromatic heterocycles. The molecule has 0 saturated carbocycles. The predicted octanol–water partition coefficient (Wildman–Crippen LogP) is 3.45. The third kappa shape index (κ3) is 4.19. The van der Waals surface area contributed by atoms with Gasteiger partial charge in [-0.3, -0.25) is 4.79 Å². The summed E-state index contributed by atoms with van der Waals surface area (Å²) in [4.78, 5) is 11.6. The minimum absolute atomic E-state index is 0.0755. The monoisotopic (exact) mass is 279 g/mol. The lowest BCUT2D eigenvalue weighted by atomic mass is 9.89. The van der Waals surface area contributed by atoms with E-state index in [1.165, 1.54) is 7.11 Å². The second kappa shape index (κ2) is 7.25. The molecule has 2 aromatic rings. The zero-order valence-corrected chi connectivity index (χ0v) is 12.0. The number of methoxy groups -OCH3 is 1. The molecule has 1 atom stereocenters. The van der Waals surface area contributed by atoms with E-state index in [1.54, 1.807) is 12.1 Å². The summed E-state index contributed by atoms with van der Waals surface area (Å²) in [6, 6.07) is 19.5. The van der Waals surface area contributed by atoms with Gasteiger partial charge < -0.3 is 4.74 Å². The summed E-state index contributed by atoms with van der Waals surface area (Å²) in [5, 5.41) is 8.83. The van der Waals surface area contributed by atoms with E-state index in [-0.39, 0.29) is 11.9 Å². The Morgan fingerprint density at radius 2 is 1.81 bits per heavy atom. The topological polar surface area (TPSA) is 50.1 Å². The highest BCUT2D eigenvalue weighted by atomic mass is 16.5. The normalized spacial score (nSPS) is 11.4. The van der Waals surface area contributed by atoms with Crippen LogP contribution in [0.15, 0.2) is 54.6 Å². The standard InChI is InChI=1S/C18H17NO2/c1-21-18(20)12-17(16-5-3-2-4-6-16)11-14-7-9-15(13-19)10-8-14/h2-10,17H,11-12H2,1H3. The SMILES string of the molecule is COC(=O)CC(Cc1ccc(C#N)cc1)c1ccccc1. The first-order valence-electron chi connectivity index (χ1n) is 6.83. The van der Waals surface area contributed by atoms with Gasteiger partial charge >= 0.3 is 5.97 Å². The molecule has 0 radical (unpaired) electrons. The first-order valence-corrected chi connectivity index (χ1v) is 6.83. The van der Waals surface area contributed by atoms with E-state index >= 15 is 0 Å². The molecule has 0 saturated heterocycles. The van der Waals surface area contributed by atoms with Crippen molar-refractivity contribution in [2.24, 2.45) is 0 Å². The van der Waals surface area contributed by atoms with E-state index in [1.807, 2.05) is 42.5 Å². The highest BCUT2D eigenvalue weighted by Gasteiger charge is 2.17. The maximum atomic E-state index is 11.6. The van der Waals surface area contributed by atoms with Crippen LogP contribution in [0, 0.1) is 11.3 Å². The van der Waals surface area contributed by atoms with Gasteiger partial charge in [-0.25, -0.2) is 0 Å². The fourth-order valence-corrected chi connectivity index (χ4v) is 2.32. The third-order valence-electron chi connectivity index (χ3n) is 3.48. The van der Waals surface area contributed by atoms with Crippen LogP contribution in [0.4, 0.5) is 0 Å². The van der Waals surface area contributed by atoms with Gasteiger partial charge in [0.05, 0.1) is 25.2 Å². The Morgan fingerprint density at radius 3 is 2.38 bits per heavy atom. The van der Waals surface area contributed by atoms with E-state index in [9.17, 15) is 4.79 Å². The molecule has 0 aliphatic heterocycles. The lowest BCUT2D eigenvalue weighted by Crippen LogP contribution is -2.11. The van der Waals surface area contributed by atoms with Crippen molar-refractivity contribution in [2.45, 2.75) is 18.8 Å². The van der Waals surface area contributed by atoms with Crippen molar-refractivity contribution in [3.63, 3.8) is 0 Å². The van der Waals surface area contributed by atoms with Crippen LogP contribution in [0.1, 0.15) is 29.0 Å². The molecule has 3 heteroatoms. The first-order chi connectivity index (χ1) is 10.2. The Labute approximate surface area is 124 Å². The number of benzene rings is 2. The Hall–Kier alpha value is -2.60. The number of nitrogens with zero attached hydrogens (tertiary/aromatic N) is 1. The van der Waals surface area contributed by atoms with Crippen LogP contribution >= 0.6 is 0 Å². The fraction of sp³-hybridized carbons (Fsp3) is 0.222. The number of hydrogen-bond donors (Lipinski definition) is 0. The van der Waals surface area contributed by atoms with Crippen LogP contribution in [-0.4, -0.2) is 13.1 Å². The van der Waals surface area contributed by atoms with Crippen LogP contribution in [0.2, 0.25) is 0 Å². The lowest BCUT2D eigenvalue weighted by molar-refractivity contribution is -0.141. The number of carbonyl (C=O) groups is 1. The summed E-state index contributed by atoms with van der Waals surface area (Å²) in [7, 11) is 1.41. The second-order valence-corrected chi connectivity index (χ2v) is 4.90. The second-order valence-electron chi connectivity index (χ2n) is 4.90. The lowest BCUT2D eigenvalue weighted by Gasteiger charge is -2.16. The van der Waals surface area contributed by atoms with Crippen molar-refractivity contribution >= 4 is 5.97 Å². The van der Waals surface area contributed by atoms with Crippen molar-refractivity contribution < 1.29 is 9.53 Å². The van der Waals surface area contributed by atoms with E-state index in [0.29, 0.717) is 12.0 Å². The van der Waals surface area contributed by atoms with Crippen molar-refractivity contribution in [2.75, 3.05) is 7.11 Å². The van der Waals surface area contributed by atoms with Gasteiger partial charge in [0.15, 0.2) is 0 Å². The smallest absolute Gasteiger partial charge is 0.306 e. The largest absolute Gasteiger partial charge is 0.469 e. The average Bonchev–Trinajstić information content (AvgIpc) is 2.55. The Kier molecular flexibility index (Phi) is 5.11. The van der Waals surface area contributed by atoms with E-state index in [0.717, 1.165) is 17.5 Å². The van der Waals surface area contributed by atoms with Crippen molar-refractivity contribution in [1.82, 2.24) is 0 Å². The molecule has 0 fully saturated rings. The van der Waals surface area contributed by atoms with Crippen LogP contribution in [0.3, 0.4) is 0 Å². The van der Waals surface area contributed by atoms with Gasteiger partial charge in [0.1, 0.15) is 0 Å². The molecule has 0 spiro atoms. The van der Waals surface area contributed by atoms with Crippen molar-refractivity contribution in [3.05, 3.63) is 71.3 Å².